The highest BCUT2D eigenvalue weighted by molar-refractivity contribution is 5.88. The number of amides is 1. The highest BCUT2D eigenvalue weighted by Crippen LogP contribution is 2.34. The molecule has 1 unspecified atom stereocenters. The Bertz CT molecular complexity index is 746. The molecule has 1 amide bonds. The second-order valence-electron chi connectivity index (χ2n) is 5.96. The lowest BCUT2D eigenvalue weighted by Crippen LogP contribution is -2.53. The molecule has 2 aliphatic heterocycles. The zero-order chi connectivity index (χ0) is 15.3. The summed E-state index contributed by atoms with van der Waals surface area (Å²) in [7, 11) is 0. The molecular weight excluding hydrogens is 286 g/mol. The number of hydrogen-bond acceptors (Lipinski definition) is 7. The first kappa shape index (κ1) is 13.4. The van der Waals surface area contributed by atoms with Gasteiger partial charge in [0, 0.05) is 13.1 Å². The zero-order valence-corrected chi connectivity index (χ0v) is 12.5. The predicted octanol–water partition coefficient (Wildman–Crippen LogP) is 0.330. The molecule has 0 radical (unpaired) electrons. The second-order valence-corrected chi connectivity index (χ2v) is 5.96. The molecule has 0 aliphatic carbocycles. The first-order chi connectivity index (χ1) is 10.6. The number of nitrogens with one attached hydrogen (secondary N) is 1. The second kappa shape index (κ2) is 4.64. The van der Waals surface area contributed by atoms with E-state index in [9.17, 15) is 4.79 Å². The third kappa shape index (κ3) is 2.02. The van der Waals surface area contributed by atoms with E-state index in [1.54, 1.807) is 0 Å². The summed E-state index contributed by atoms with van der Waals surface area (Å²) in [6.07, 6.45) is 0.849. The minimum absolute atomic E-state index is 0.0563. The number of rotatable bonds is 1. The van der Waals surface area contributed by atoms with E-state index in [4.69, 9.17) is 9.26 Å². The number of carbonyl (C=O) groups excluding carboxylic acids is 1. The van der Waals surface area contributed by atoms with Crippen molar-refractivity contribution in [3.8, 4) is 0 Å². The van der Waals surface area contributed by atoms with Gasteiger partial charge in [0.05, 0.1) is 12.2 Å². The number of carbonyl (C=O) groups is 1. The molecule has 2 fully saturated rings. The molecule has 8 heteroatoms. The monoisotopic (exact) mass is 303 g/mol. The molecule has 116 valence electrons. The van der Waals surface area contributed by atoms with Gasteiger partial charge in [-0.1, -0.05) is 5.16 Å². The van der Waals surface area contributed by atoms with Crippen molar-refractivity contribution in [1.82, 2.24) is 20.4 Å². The zero-order valence-electron chi connectivity index (χ0n) is 12.5. The van der Waals surface area contributed by atoms with Crippen LogP contribution in [0.5, 0.6) is 0 Å². The summed E-state index contributed by atoms with van der Waals surface area (Å²) in [6, 6.07) is 0. The maximum Gasteiger partial charge on any atom is 0.263 e. The molecular formula is C14H17N5O3. The Kier molecular flexibility index (Phi) is 2.83. The van der Waals surface area contributed by atoms with E-state index < -0.39 is 0 Å². The molecule has 22 heavy (non-hydrogen) atoms. The number of nitrogens with zero attached hydrogens (tertiary/aromatic N) is 4. The van der Waals surface area contributed by atoms with Crippen LogP contribution in [0.3, 0.4) is 0 Å². The summed E-state index contributed by atoms with van der Waals surface area (Å²) >= 11 is 0. The fraction of sp³-hybridized carbons (Fsp3) is 0.571. The maximum atomic E-state index is 11.3. The largest absolute Gasteiger partial charge is 0.361 e. The van der Waals surface area contributed by atoms with Crippen molar-refractivity contribution in [2.45, 2.75) is 25.9 Å². The van der Waals surface area contributed by atoms with Gasteiger partial charge in [-0.3, -0.25) is 4.79 Å². The normalized spacial score (nSPS) is 25.2. The van der Waals surface area contributed by atoms with Gasteiger partial charge < -0.3 is 19.5 Å². The van der Waals surface area contributed by atoms with Gasteiger partial charge in [-0.15, -0.1) is 0 Å². The van der Waals surface area contributed by atoms with E-state index in [0.29, 0.717) is 24.6 Å². The quantitative estimate of drug-likeness (QED) is 0.811. The topological polar surface area (TPSA) is 93.4 Å². The van der Waals surface area contributed by atoms with E-state index in [1.165, 1.54) is 0 Å². The summed E-state index contributed by atoms with van der Waals surface area (Å²) in [5.74, 6) is 1.43. The maximum absolute atomic E-state index is 11.3. The molecule has 0 saturated carbocycles. The molecule has 1 spiro atoms. The first-order valence-electron chi connectivity index (χ1n) is 7.33. The van der Waals surface area contributed by atoms with Gasteiger partial charge in [0.1, 0.15) is 29.2 Å². The van der Waals surface area contributed by atoms with Crippen LogP contribution in [0.25, 0.3) is 11.1 Å². The summed E-state index contributed by atoms with van der Waals surface area (Å²) in [5.41, 5.74) is 0.965. The fourth-order valence-electron chi connectivity index (χ4n) is 3.17. The molecule has 1 atom stereocenters. The summed E-state index contributed by atoms with van der Waals surface area (Å²) in [5, 5.41) is 7.73. The summed E-state index contributed by atoms with van der Waals surface area (Å²) in [4.78, 5) is 22.3. The van der Waals surface area contributed by atoms with Crippen LogP contribution in [0.4, 0.5) is 5.82 Å². The molecule has 4 rings (SSSR count). The molecule has 2 saturated heterocycles. The third-order valence-corrected chi connectivity index (χ3v) is 4.33. The van der Waals surface area contributed by atoms with Gasteiger partial charge in [0.2, 0.25) is 5.91 Å². The van der Waals surface area contributed by atoms with Crippen molar-refractivity contribution in [2.75, 3.05) is 31.1 Å². The van der Waals surface area contributed by atoms with Crippen LogP contribution in [-0.2, 0) is 9.53 Å². The minimum atomic E-state index is -0.329. The summed E-state index contributed by atoms with van der Waals surface area (Å²) < 4.78 is 11.1. The van der Waals surface area contributed by atoms with Gasteiger partial charge in [0.25, 0.3) is 5.71 Å². The lowest BCUT2D eigenvalue weighted by atomic mass is 10.0. The lowest BCUT2D eigenvalue weighted by molar-refractivity contribution is -0.141. The highest BCUT2D eigenvalue weighted by atomic mass is 16.5. The average molecular weight is 303 g/mol. The van der Waals surface area contributed by atoms with Crippen molar-refractivity contribution >= 4 is 22.8 Å². The van der Waals surface area contributed by atoms with Crippen LogP contribution in [0, 0.1) is 13.8 Å². The van der Waals surface area contributed by atoms with Crippen LogP contribution < -0.4 is 10.2 Å². The Labute approximate surface area is 126 Å². The number of fused-ring (bicyclic) bond motifs is 1. The standard InChI is InChI=1S/C14H17N5O3/c1-8-11-12(16-9(2)17-13(11)22-18-8)19-4-3-14(7-19)6-15-10(20)5-21-14/h3-7H2,1-2H3,(H,15,20). The number of aryl methyl sites for hydroxylation is 2. The van der Waals surface area contributed by atoms with Crippen molar-refractivity contribution in [3.05, 3.63) is 11.5 Å². The first-order valence-corrected chi connectivity index (χ1v) is 7.33. The highest BCUT2D eigenvalue weighted by Gasteiger charge is 2.43. The Morgan fingerprint density at radius 2 is 2.18 bits per heavy atom. The SMILES string of the molecule is Cc1nc(N2CCC3(CNC(=O)CO3)C2)c2c(C)noc2n1. The van der Waals surface area contributed by atoms with Crippen molar-refractivity contribution in [3.63, 3.8) is 0 Å². The minimum Gasteiger partial charge on any atom is -0.361 e. The molecule has 2 aromatic heterocycles. The van der Waals surface area contributed by atoms with Crippen LogP contribution in [0.15, 0.2) is 4.52 Å². The van der Waals surface area contributed by atoms with E-state index in [-0.39, 0.29) is 18.1 Å². The lowest BCUT2D eigenvalue weighted by Gasteiger charge is -2.33. The molecule has 2 aromatic rings. The molecule has 1 N–H and O–H groups in total. The molecule has 0 bridgehead atoms. The number of aromatic nitrogens is 3. The van der Waals surface area contributed by atoms with Gasteiger partial charge in [-0.25, -0.2) is 4.98 Å². The van der Waals surface area contributed by atoms with Gasteiger partial charge in [0.15, 0.2) is 0 Å². The molecule has 0 aromatic carbocycles. The molecule has 8 nitrogen and oxygen atoms in total. The van der Waals surface area contributed by atoms with Crippen LogP contribution in [0.1, 0.15) is 17.9 Å². The van der Waals surface area contributed by atoms with Crippen LogP contribution in [0.2, 0.25) is 0 Å². The predicted molar refractivity (Wildman–Crippen MR) is 77.6 cm³/mol. The number of hydrogen-bond donors (Lipinski definition) is 1. The average Bonchev–Trinajstić information content (AvgIpc) is 3.07. The molecule has 2 aliphatic rings. The van der Waals surface area contributed by atoms with E-state index in [0.717, 1.165) is 29.9 Å². The van der Waals surface area contributed by atoms with E-state index in [1.807, 2.05) is 13.8 Å². The van der Waals surface area contributed by atoms with E-state index in [2.05, 4.69) is 25.3 Å². The fourth-order valence-corrected chi connectivity index (χ4v) is 3.17. The van der Waals surface area contributed by atoms with Crippen molar-refractivity contribution in [2.24, 2.45) is 0 Å². The number of morpholine rings is 1. The van der Waals surface area contributed by atoms with Crippen LogP contribution in [-0.4, -0.2) is 52.9 Å². The smallest absolute Gasteiger partial charge is 0.263 e. The Hall–Kier alpha value is -2.22. The van der Waals surface area contributed by atoms with Gasteiger partial charge in [-0.2, -0.15) is 4.98 Å². The summed E-state index contributed by atoms with van der Waals surface area (Å²) in [6.45, 7) is 5.88. The molecule has 4 heterocycles. The van der Waals surface area contributed by atoms with Gasteiger partial charge >= 0.3 is 0 Å². The third-order valence-electron chi connectivity index (χ3n) is 4.33. The van der Waals surface area contributed by atoms with E-state index >= 15 is 0 Å². The number of ether oxygens (including phenoxy) is 1. The van der Waals surface area contributed by atoms with Gasteiger partial charge in [-0.05, 0) is 20.3 Å². The Morgan fingerprint density at radius 1 is 1.32 bits per heavy atom. The van der Waals surface area contributed by atoms with Crippen LogP contribution >= 0.6 is 0 Å². The van der Waals surface area contributed by atoms with Crippen molar-refractivity contribution in [1.29, 1.82) is 0 Å². The Morgan fingerprint density at radius 3 is 2.95 bits per heavy atom. The number of anilines is 1. The Balaban J connectivity index is 1.69. The van der Waals surface area contributed by atoms with Crippen molar-refractivity contribution < 1.29 is 14.1 Å².